The van der Waals surface area contributed by atoms with Gasteiger partial charge in [-0.2, -0.15) is 4.98 Å². The molecule has 0 radical (unpaired) electrons. The van der Waals surface area contributed by atoms with E-state index in [-0.39, 0.29) is 5.28 Å². The zero-order valence-corrected chi connectivity index (χ0v) is 13.3. The van der Waals surface area contributed by atoms with Gasteiger partial charge in [0.05, 0.1) is 6.20 Å². The first-order valence-electron chi connectivity index (χ1n) is 6.81. The monoisotopic (exact) mass is 301 g/mol. The summed E-state index contributed by atoms with van der Waals surface area (Å²) < 4.78 is 0. The van der Waals surface area contributed by atoms with E-state index < -0.39 is 0 Å². The third kappa shape index (κ3) is 3.73. The maximum Gasteiger partial charge on any atom is 0.224 e. The summed E-state index contributed by atoms with van der Waals surface area (Å²) >= 11 is 12.1. The van der Waals surface area contributed by atoms with Crippen LogP contribution in [0.2, 0.25) is 10.3 Å². The molecule has 2 heterocycles. The van der Waals surface area contributed by atoms with E-state index in [9.17, 15) is 0 Å². The lowest BCUT2D eigenvalue weighted by atomic mass is 9.77. The Morgan fingerprint density at radius 1 is 1.21 bits per heavy atom. The molecule has 0 aliphatic carbocycles. The van der Waals surface area contributed by atoms with Crippen molar-refractivity contribution in [3.8, 4) is 0 Å². The summed E-state index contributed by atoms with van der Waals surface area (Å²) in [6.07, 6.45) is 5.18. The lowest BCUT2D eigenvalue weighted by molar-refractivity contribution is 0.220. The minimum absolute atomic E-state index is 0.260. The number of nitrogens with zero attached hydrogens (tertiary/aromatic N) is 3. The van der Waals surface area contributed by atoms with Crippen LogP contribution < -0.4 is 4.90 Å². The molecule has 3 nitrogen and oxygen atoms in total. The molecule has 1 aromatic heterocycles. The highest BCUT2D eigenvalue weighted by Gasteiger charge is 2.28. The zero-order chi connectivity index (χ0) is 14.0. The normalized spacial score (nSPS) is 21.3. The first kappa shape index (κ1) is 14.9. The molecule has 1 unspecified atom stereocenters. The van der Waals surface area contributed by atoms with Gasteiger partial charge in [0, 0.05) is 13.1 Å². The summed E-state index contributed by atoms with van der Waals surface area (Å²) in [4.78, 5) is 10.4. The van der Waals surface area contributed by atoms with Crippen molar-refractivity contribution in [3.63, 3.8) is 0 Å². The summed E-state index contributed by atoms with van der Waals surface area (Å²) in [5.41, 5.74) is 0.364. The van der Waals surface area contributed by atoms with E-state index in [1.165, 1.54) is 19.3 Å². The Balaban J connectivity index is 2.13. The summed E-state index contributed by atoms with van der Waals surface area (Å²) in [5.74, 6) is 1.52. The van der Waals surface area contributed by atoms with E-state index in [1.807, 2.05) is 0 Å². The molecular formula is C14H21Cl2N3. The fraction of sp³-hybridized carbons (Fsp3) is 0.714. The average Bonchev–Trinajstić information content (AvgIpc) is 2.57. The Morgan fingerprint density at radius 2 is 1.95 bits per heavy atom. The molecular weight excluding hydrogens is 281 g/mol. The second kappa shape index (κ2) is 5.84. The van der Waals surface area contributed by atoms with Gasteiger partial charge in [-0.15, -0.1) is 0 Å². The first-order valence-corrected chi connectivity index (χ1v) is 7.56. The van der Waals surface area contributed by atoms with Crippen LogP contribution in [-0.4, -0.2) is 23.1 Å². The second-order valence-electron chi connectivity index (χ2n) is 6.29. The Hall–Kier alpha value is -0.540. The second-order valence-corrected chi connectivity index (χ2v) is 7.04. The van der Waals surface area contributed by atoms with Gasteiger partial charge in [-0.25, -0.2) is 4.98 Å². The predicted octanol–water partition coefficient (Wildman–Crippen LogP) is 4.44. The smallest absolute Gasteiger partial charge is 0.224 e. The van der Waals surface area contributed by atoms with Crippen LogP contribution in [-0.2, 0) is 0 Å². The Bertz CT molecular complexity index is 443. The Kier molecular flexibility index (Phi) is 4.57. The van der Waals surface area contributed by atoms with Crippen molar-refractivity contribution in [2.24, 2.45) is 11.3 Å². The minimum atomic E-state index is 0.260. The van der Waals surface area contributed by atoms with Crippen LogP contribution in [0, 0.1) is 11.3 Å². The maximum atomic E-state index is 6.18. The standard InChI is InChI=1S/C14H21Cl2N3/c1-14(2,3)10-5-4-7-19(8-6-10)12-11(15)9-17-13(16)18-12/h9-10H,4-8H2,1-3H3. The summed E-state index contributed by atoms with van der Waals surface area (Å²) in [6, 6.07) is 0. The van der Waals surface area contributed by atoms with Crippen LogP contribution in [0.4, 0.5) is 5.82 Å². The Labute approximate surface area is 125 Å². The van der Waals surface area contributed by atoms with Gasteiger partial charge in [0.25, 0.3) is 0 Å². The van der Waals surface area contributed by atoms with Gasteiger partial charge in [-0.1, -0.05) is 32.4 Å². The summed E-state index contributed by atoms with van der Waals surface area (Å²) in [7, 11) is 0. The van der Waals surface area contributed by atoms with E-state index >= 15 is 0 Å². The highest BCUT2D eigenvalue weighted by Crippen LogP contribution is 2.36. The third-order valence-electron chi connectivity index (χ3n) is 3.95. The summed E-state index contributed by atoms with van der Waals surface area (Å²) in [5, 5.41) is 0.842. The Morgan fingerprint density at radius 3 is 2.63 bits per heavy atom. The van der Waals surface area contributed by atoms with Crippen molar-refractivity contribution in [3.05, 3.63) is 16.5 Å². The van der Waals surface area contributed by atoms with Crippen LogP contribution in [0.1, 0.15) is 40.0 Å². The highest BCUT2D eigenvalue weighted by molar-refractivity contribution is 6.33. The van der Waals surface area contributed by atoms with Crippen molar-refractivity contribution in [2.75, 3.05) is 18.0 Å². The van der Waals surface area contributed by atoms with E-state index in [0.29, 0.717) is 10.4 Å². The molecule has 0 N–H and O–H groups in total. The van der Waals surface area contributed by atoms with Crippen molar-refractivity contribution in [2.45, 2.75) is 40.0 Å². The van der Waals surface area contributed by atoms with Crippen molar-refractivity contribution in [1.29, 1.82) is 0 Å². The van der Waals surface area contributed by atoms with Crippen molar-refractivity contribution < 1.29 is 0 Å². The molecule has 0 amide bonds. The molecule has 2 rings (SSSR count). The van der Waals surface area contributed by atoms with E-state index in [0.717, 1.165) is 24.8 Å². The van der Waals surface area contributed by atoms with E-state index in [2.05, 4.69) is 35.6 Å². The lowest BCUT2D eigenvalue weighted by Gasteiger charge is -2.30. The van der Waals surface area contributed by atoms with Crippen LogP contribution in [0.3, 0.4) is 0 Å². The van der Waals surface area contributed by atoms with Gasteiger partial charge in [0.2, 0.25) is 5.28 Å². The topological polar surface area (TPSA) is 29.0 Å². The fourth-order valence-corrected chi connectivity index (χ4v) is 3.07. The minimum Gasteiger partial charge on any atom is -0.355 e. The number of aromatic nitrogens is 2. The number of anilines is 1. The molecule has 1 fully saturated rings. The van der Waals surface area contributed by atoms with Gasteiger partial charge < -0.3 is 4.90 Å². The van der Waals surface area contributed by atoms with Gasteiger partial charge in [0.1, 0.15) is 5.02 Å². The van der Waals surface area contributed by atoms with Gasteiger partial charge in [0.15, 0.2) is 5.82 Å². The number of hydrogen-bond donors (Lipinski definition) is 0. The predicted molar refractivity (Wildman–Crippen MR) is 81.1 cm³/mol. The van der Waals surface area contributed by atoms with Crippen LogP contribution in [0.5, 0.6) is 0 Å². The van der Waals surface area contributed by atoms with Crippen LogP contribution >= 0.6 is 23.2 Å². The molecule has 0 aromatic carbocycles. The maximum absolute atomic E-state index is 6.18. The number of rotatable bonds is 1. The molecule has 0 spiro atoms. The number of halogens is 2. The highest BCUT2D eigenvalue weighted by atomic mass is 35.5. The lowest BCUT2D eigenvalue weighted by Crippen LogP contribution is -2.27. The van der Waals surface area contributed by atoms with E-state index in [4.69, 9.17) is 23.2 Å². The molecule has 0 bridgehead atoms. The molecule has 19 heavy (non-hydrogen) atoms. The largest absolute Gasteiger partial charge is 0.355 e. The molecule has 1 saturated heterocycles. The van der Waals surface area contributed by atoms with Gasteiger partial charge >= 0.3 is 0 Å². The van der Waals surface area contributed by atoms with Crippen molar-refractivity contribution in [1.82, 2.24) is 9.97 Å². The third-order valence-corrected chi connectivity index (χ3v) is 4.40. The summed E-state index contributed by atoms with van der Waals surface area (Å²) in [6.45, 7) is 8.93. The average molecular weight is 302 g/mol. The van der Waals surface area contributed by atoms with Gasteiger partial charge in [-0.05, 0) is 42.2 Å². The SMILES string of the molecule is CC(C)(C)C1CCCN(c2nc(Cl)ncc2Cl)CC1. The quantitative estimate of drug-likeness (QED) is 0.718. The van der Waals surface area contributed by atoms with Crippen LogP contribution in [0.25, 0.3) is 0 Å². The van der Waals surface area contributed by atoms with Crippen LogP contribution in [0.15, 0.2) is 6.20 Å². The first-order chi connectivity index (χ1) is 8.88. The molecule has 0 saturated carbocycles. The molecule has 5 heteroatoms. The number of hydrogen-bond acceptors (Lipinski definition) is 3. The fourth-order valence-electron chi connectivity index (χ4n) is 2.73. The zero-order valence-electron chi connectivity index (χ0n) is 11.8. The van der Waals surface area contributed by atoms with E-state index in [1.54, 1.807) is 6.20 Å². The molecule has 1 aliphatic rings. The molecule has 106 valence electrons. The van der Waals surface area contributed by atoms with Gasteiger partial charge in [-0.3, -0.25) is 0 Å². The molecule has 1 aromatic rings. The van der Waals surface area contributed by atoms with Crippen molar-refractivity contribution >= 4 is 29.0 Å². The molecule has 1 aliphatic heterocycles. The molecule has 1 atom stereocenters.